The Hall–Kier alpha value is -1.06. The first-order chi connectivity index (χ1) is 9.30. The molecule has 1 aliphatic rings. The van der Waals surface area contributed by atoms with Crippen molar-refractivity contribution in [3.8, 4) is 5.75 Å². The highest BCUT2D eigenvalue weighted by atomic mass is 16.5. The summed E-state index contributed by atoms with van der Waals surface area (Å²) in [4.78, 5) is 2.52. The number of benzene rings is 1. The molecule has 0 atom stereocenters. The van der Waals surface area contributed by atoms with E-state index in [9.17, 15) is 0 Å². The number of nitrogens with zero attached hydrogens (tertiary/aromatic N) is 1. The van der Waals surface area contributed by atoms with Gasteiger partial charge in [0.15, 0.2) is 0 Å². The van der Waals surface area contributed by atoms with Crippen LogP contribution in [0.4, 0.5) is 0 Å². The van der Waals surface area contributed by atoms with E-state index in [0.29, 0.717) is 0 Å². The van der Waals surface area contributed by atoms with Gasteiger partial charge in [0.05, 0.1) is 0 Å². The third-order valence-corrected chi connectivity index (χ3v) is 4.34. The monoisotopic (exact) mass is 262 g/mol. The van der Waals surface area contributed by atoms with E-state index in [1.54, 1.807) is 0 Å². The summed E-state index contributed by atoms with van der Waals surface area (Å²) in [6, 6.07) is 10.0. The molecule has 0 heterocycles. The number of likely N-dealkylation sites (N-methyl/N-ethyl adjacent to an activating group) is 1. The fraction of sp³-hybridized carbons (Fsp3) is 0.625. The standard InChI is InChI=1S/C16H26N2O/c1-2-18(16(14-17)10-6-7-11-16)12-13-19-15-8-4-3-5-9-15/h3-5,8-9H,2,6-7,10-14,17H2,1H3. The summed E-state index contributed by atoms with van der Waals surface area (Å²) in [5, 5.41) is 0. The van der Waals surface area contributed by atoms with Crippen LogP contribution in [0.2, 0.25) is 0 Å². The van der Waals surface area contributed by atoms with E-state index >= 15 is 0 Å². The predicted octanol–water partition coefficient (Wildman–Crippen LogP) is 2.66. The normalized spacial score (nSPS) is 17.8. The van der Waals surface area contributed by atoms with Crippen molar-refractivity contribution in [2.45, 2.75) is 38.1 Å². The molecule has 3 nitrogen and oxygen atoms in total. The van der Waals surface area contributed by atoms with E-state index < -0.39 is 0 Å². The van der Waals surface area contributed by atoms with Crippen molar-refractivity contribution >= 4 is 0 Å². The van der Waals surface area contributed by atoms with Gasteiger partial charge in [-0.05, 0) is 31.5 Å². The van der Waals surface area contributed by atoms with E-state index in [1.807, 2.05) is 30.3 Å². The molecule has 0 aromatic heterocycles. The molecule has 0 amide bonds. The second-order valence-corrected chi connectivity index (χ2v) is 5.38. The molecule has 1 aromatic rings. The summed E-state index contributed by atoms with van der Waals surface area (Å²) in [5.41, 5.74) is 6.28. The summed E-state index contributed by atoms with van der Waals surface area (Å²) in [7, 11) is 0. The molecular formula is C16H26N2O. The van der Waals surface area contributed by atoms with Crippen LogP contribution in [0.15, 0.2) is 30.3 Å². The maximum atomic E-state index is 6.05. The second kappa shape index (κ2) is 6.92. The Kier molecular flexibility index (Phi) is 5.23. The van der Waals surface area contributed by atoms with Crippen molar-refractivity contribution in [3.63, 3.8) is 0 Å². The number of nitrogens with two attached hydrogens (primary N) is 1. The van der Waals surface area contributed by atoms with Crippen molar-refractivity contribution in [2.75, 3.05) is 26.2 Å². The first kappa shape index (κ1) is 14.4. The van der Waals surface area contributed by atoms with Crippen LogP contribution in [0.25, 0.3) is 0 Å². The second-order valence-electron chi connectivity index (χ2n) is 5.38. The highest BCUT2D eigenvalue weighted by Crippen LogP contribution is 2.34. The van der Waals surface area contributed by atoms with Crippen LogP contribution in [-0.2, 0) is 0 Å². The average molecular weight is 262 g/mol. The summed E-state index contributed by atoms with van der Waals surface area (Å²) in [5.74, 6) is 0.951. The Labute approximate surface area is 116 Å². The number of ether oxygens (including phenoxy) is 1. The minimum Gasteiger partial charge on any atom is -0.492 e. The molecule has 2 N–H and O–H groups in total. The highest BCUT2D eigenvalue weighted by Gasteiger charge is 2.37. The molecule has 0 aliphatic heterocycles. The quantitative estimate of drug-likeness (QED) is 0.821. The number of rotatable bonds is 7. The Balaban J connectivity index is 1.85. The van der Waals surface area contributed by atoms with Crippen LogP contribution >= 0.6 is 0 Å². The van der Waals surface area contributed by atoms with Crippen LogP contribution in [0.5, 0.6) is 5.75 Å². The summed E-state index contributed by atoms with van der Waals surface area (Å²) >= 11 is 0. The maximum absolute atomic E-state index is 6.05. The fourth-order valence-corrected chi connectivity index (χ4v) is 3.20. The zero-order valence-corrected chi connectivity index (χ0v) is 12.0. The minimum absolute atomic E-state index is 0.231. The largest absolute Gasteiger partial charge is 0.492 e. The van der Waals surface area contributed by atoms with Crippen molar-refractivity contribution in [1.82, 2.24) is 4.90 Å². The van der Waals surface area contributed by atoms with Crippen molar-refractivity contribution in [1.29, 1.82) is 0 Å². The van der Waals surface area contributed by atoms with Crippen molar-refractivity contribution in [2.24, 2.45) is 5.73 Å². The maximum Gasteiger partial charge on any atom is 0.119 e. The first-order valence-electron chi connectivity index (χ1n) is 7.44. The van der Waals surface area contributed by atoms with Crippen molar-refractivity contribution < 1.29 is 4.74 Å². The van der Waals surface area contributed by atoms with Gasteiger partial charge in [-0.15, -0.1) is 0 Å². The predicted molar refractivity (Wildman–Crippen MR) is 79.4 cm³/mol. The molecule has 3 heteroatoms. The van der Waals surface area contributed by atoms with Crippen LogP contribution in [-0.4, -0.2) is 36.7 Å². The third-order valence-electron chi connectivity index (χ3n) is 4.34. The average Bonchev–Trinajstić information content (AvgIpc) is 2.95. The van der Waals surface area contributed by atoms with Gasteiger partial charge < -0.3 is 10.5 Å². The lowest BCUT2D eigenvalue weighted by atomic mass is 9.95. The molecule has 2 rings (SSSR count). The van der Waals surface area contributed by atoms with E-state index in [4.69, 9.17) is 10.5 Å². The number of hydrogen-bond donors (Lipinski definition) is 1. The minimum atomic E-state index is 0.231. The topological polar surface area (TPSA) is 38.5 Å². The van der Waals surface area contributed by atoms with E-state index in [-0.39, 0.29) is 5.54 Å². The van der Waals surface area contributed by atoms with Gasteiger partial charge in [0.25, 0.3) is 0 Å². The van der Waals surface area contributed by atoms with E-state index in [2.05, 4.69) is 11.8 Å². The highest BCUT2D eigenvalue weighted by molar-refractivity contribution is 5.20. The van der Waals surface area contributed by atoms with Gasteiger partial charge in [0, 0.05) is 18.6 Å². The Morgan fingerprint density at radius 3 is 2.47 bits per heavy atom. The molecule has 1 saturated carbocycles. The molecule has 1 aromatic carbocycles. The molecule has 0 radical (unpaired) electrons. The molecule has 0 saturated heterocycles. The molecule has 19 heavy (non-hydrogen) atoms. The van der Waals surface area contributed by atoms with Gasteiger partial charge in [0.2, 0.25) is 0 Å². The molecule has 106 valence electrons. The summed E-state index contributed by atoms with van der Waals surface area (Å²) in [6.07, 6.45) is 5.10. The number of hydrogen-bond acceptors (Lipinski definition) is 3. The fourth-order valence-electron chi connectivity index (χ4n) is 3.20. The van der Waals surface area contributed by atoms with E-state index in [1.165, 1.54) is 25.7 Å². The Morgan fingerprint density at radius 1 is 1.21 bits per heavy atom. The lowest BCUT2D eigenvalue weighted by Crippen LogP contribution is -2.53. The lowest BCUT2D eigenvalue weighted by Gasteiger charge is -2.40. The van der Waals surface area contributed by atoms with Crippen LogP contribution in [0, 0.1) is 0 Å². The van der Waals surface area contributed by atoms with Gasteiger partial charge in [0.1, 0.15) is 12.4 Å². The van der Waals surface area contributed by atoms with Crippen LogP contribution in [0.3, 0.4) is 0 Å². The van der Waals surface area contributed by atoms with E-state index in [0.717, 1.165) is 32.0 Å². The summed E-state index contributed by atoms with van der Waals surface area (Å²) in [6.45, 7) is 5.74. The van der Waals surface area contributed by atoms with Crippen LogP contribution < -0.4 is 10.5 Å². The van der Waals surface area contributed by atoms with Gasteiger partial charge in [-0.2, -0.15) is 0 Å². The molecule has 0 unspecified atom stereocenters. The van der Waals surface area contributed by atoms with Gasteiger partial charge in [-0.25, -0.2) is 0 Å². The summed E-state index contributed by atoms with van der Waals surface area (Å²) < 4.78 is 5.80. The Bertz CT molecular complexity index is 360. The zero-order chi connectivity index (χ0) is 13.6. The molecule has 0 bridgehead atoms. The number of para-hydroxylation sites is 1. The molecule has 1 fully saturated rings. The lowest BCUT2D eigenvalue weighted by molar-refractivity contribution is 0.0868. The first-order valence-corrected chi connectivity index (χ1v) is 7.44. The smallest absolute Gasteiger partial charge is 0.119 e. The molecule has 1 aliphatic carbocycles. The third kappa shape index (κ3) is 3.48. The van der Waals surface area contributed by atoms with Gasteiger partial charge in [-0.3, -0.25) is 4.90 Å². The molecule has 0 spiro atoms. The molecular weight excluding hydrogens is 236 g/mol. The van der Waals surface area contributed by atoms with Gasteiger partial charge in [-0.1, -0.05) is 38.0 Å². The Morgan fingerprint density at radius 2 is 1.89 bits per heavy atom. The van der Waals surface area contributed by atoms with Crippen molar-refractivity contribution in [3.05, 3.63) is 30.3 Å². The van der Waals surface area contributed by atoms with Crippen LogP contribution in [0.1, 0.15) is 32.6 Å². The zero-order valence-electron chi connectivity index (χ0n) is 12.0. The SMILES string of the molecule is CCN(CCOc1ccccc1)C1(CN)CCCC1. The van der Waals surface area contributed by atoms with Gasteiger partial charge >= 0.3 is 0 Å².